The summed E-state index contributed by atoms with van der Waals surface area (Å²) in [4.78, 5) is 45.7. The molecule has 0 spiro atoms. The van der Waals surface area contributed by atoms with Crippen molar-refractivity contribution in [3.8, 4) is 17.5 Å². The lowest BCUT2D eigenvalue weighted by molar-refractivity contribution is -0.129. The summed E-state index contributed by atoms with van der Waals surface area (Å²) in [5.41, 5.74) is 3.23. The average molecular weight is 573 g/mol. The van der Waals surface area contributed by atoms with Crippen LogP contribution in [0.2, 0.25) is 0 Å². The second-order valence-corrected chi connectivity index (χ2v) is 10.9. The minimum Gasteiger partial charge on any atom is -0.344 e. The van der Waals surface area contributed by atoms with Crippen molar-refractivity contribution in [1.29, 1.82) is 0 Å². The van der Waals surface area contributed by atoms with Gasteiger partial charge in [-0.05, 0) is 62.4 Å². The molecular weight excluding hydrogens is 540 g/mol. The number of carbonyl (C=O) groups excluding carboxylic acids is 2. The molecule has 4 heterocycles. The van der Waals surface area contributed by atoms with Gasteiger partial charge in [0.2, 0.25) is 5.91 Å². The van der Waals surface area contributed by atoms with Crippen molar-refractivity contribution >= 4 is 28.2 Å². The molecule has 9 nitrogen and oxygen atoms in total. The SMILES string of the molecule is CC(=O)N1CCC(C#Cc2cccc3cc([C@@H](C)NC(=O)c4c(C)nn5cccnc45)n(-c4ccccc4)c(=O)c23)CC1. The molecule has 0 unspecified atom stereocenters. The summed E-state index contributed by atoms with van der Waals surface area (Å²) in [5.74, 6) is 6.59. The molecule has 9 heteroatoms. The molecule has 1 atom stereocenters. The number of fused-ring (bicyclic) bond motifs is 2. The molecule has 0 bridgehead atoms. The number of carbonyl (C=O) groups is 2. The van der Waals surface area contributed by atoms with Gasteiger partial charge in [0.1, 0.15) is 5.56 Å². The monoisotopic (exact) mass is 572 g/mol. The maximum absolute atomic E-state index is 14.3. The largest absolute Gasteiger partial charge is 0.344 e. The van der Waals surface area contributed by atoms with Crippen LogP contribution in [-0.2, 0) is 4.79 Å². The van der Waals surface area contributed by atoms with E-state index >= 15 is 0 Å². The standard InChI is InChI=1S/C34H32N6O3/c1-22(36-33(42)30-23(2)37-39-18-8-17-35-32(30)39)29-21-27-10-7-9-26(14-13-25-15-19-38(20-16-25)24(3)41)31(27)34(43)40(29)28-11-5-4-6-12-28/h4-12,17-18,21-22,25H,15-16,19-20H2,1-3H3,(H,36,42)/t22-/m1/s1. The van der Waals surface area contributed by atoms with Crippen molar-refractivity contribution < 1.29 is 9.59 Å². The Labute approximate surface area is 249 Å². The Morgan fingerprint density at radius 2 is 1.81 bits per heavy atom. The molecule has 1 N–H and O–H groups in total. The third-order valence-electron chi connectivity index (χ3n) is 8.03. The third kappa shape index (κ3) is 5.40. The van der Waals surface area contributed by atoms with E-state index in [2.05, 4.69) is 27.2 Å². The van der Waals surface area contributed by atoms with Gasteiger partial charge in [0.25, 0.3) is 11.5 Å². The van der Waals surface area contributed by atoms with Crippen LogP contribution in [0.25, 0.3) is 22.1 Å². The van der Waals surface area contributed by atoms with Crippen molar-refractivity contribution in [3.63, 3.8) is 0 Å². The van der Waals surface area contributed by atoms with Crippen LogP contribution < -0.4 is 10.9 Å². The van der Waals surface area contributed by atoms with Crippen LogP contribution in [0.1, 0.15) is 60.0 Å². The Hall–Kier alpha value is -5.23. The topological polar surface area (TPSA) is 102 Å². The van der Waals surface area contributed by atoms with Gasteiger partial charge in [-0.3, -0.25) is 19.0 Å². The lowest BCUT2D eigenvalue weighted by Gasteiger charge is -2.28. The second-order valence-electron chi connectivity index (χ2n) is 10.9. The number of aryl methyl sites for hydroxylation is 1. The number of aromatic nitrogens is 4. The molecule has 216 valence electrons. The highest BCUT2D eigenvalue weighted by Gasteiger charge is 2.24. The molecule has 6 rings (SSSR count). The Balaban J connectivity index is 1.40. The summed E-state index contributed by atoms with van der Waals surface area (Å²) in [5, 5.41) is 8.78. The van der Waals surface area contributed by atoms with Gasteiger partial charge in [-0.15, -0.1) is 0 Å². The van der Waals surface area contributed by atoms with Crippen LogP contribution in [0, 0.1) is 24.7 Å². The van der Waals surface area contributed by atoms with Gasteiger partial charge in [-0.1, -0.05) is 42.2 Å². The number of piperidine rings is 1. The van der Waals surface area contributed by atoms with Gasteiger partial charge >= 0.3 is 0 Å². The van der Waals surface area contributed by atoms with E-state index in [1.54, 1.807) is 41.4 Å². The van der Waals surface area contributed by atoms with Gasteiger partial charge in [0.05, 0.1) is 17.1 Å². The van der Waals surface area contributed by atoms with Gasteiger partial charge in [0, 0.05) is 55.3 Å². The van der Waals surface area contributed by atoms with Crippen molar-refractivity contribution in [2.45, 2.75) is 39.7 Å². The average Bonchev–Trinajstić information content (AvgIpc) is 3.36. The summed E-state index contributed by atoms with van der Waals surface area (Å²) in [7, 11) is 0. The van der Waals surface area contributed by atoms with Crippen LogP contribution in [0.3, 0.4) is 0 Å². The van der Waals surface area contributed by atoms with Crippen LogP contribution in [0.15, 0.2) is 77.9 Å². The van der Waals surface area contributed by atoms with Crippen molar-refractivity contribution in [2.75, 3.05) is 13.1 Å². The lowest BCUT2D eigenvalue weighted by Crippen LogP contribution is -2.36. The first kappa shape index (κ1) is 27.9. The van der Waals surface area contributed by atoms with E-state index in [-0.39, 0.29) is 23.3 Å². The predicted molar refractivity (Wildman–Crippen MR) is 165 cm³/mol. The normalized spacial score (nSPS) is 14.3. The summed E-state index contributed by atoms with van der Waals surface area (Å²) in [6.07, 6.45) is 5.01. The molecule has 1 aliphatic rings. The number of hydrogen-bond acceptors (Lipinski definition) is 5. The second kappa shape index (κ2) is 11.6. The number of nitrogens with one attached hydrogen (secondary N) is 1. The number of rotatable bonds is 4. The summed E-state index contributed by atoms with van der Waals surface area (Å²) >= 11 is 0. The fourth-order valence-corrected chi connectivity index (χ4v) is 5.77. The van der Waals surface area contributed by atoms with E-state index in [9.17, 15) is 14.4 Å². The van der Waals surface area contributed by atoms with E-state index in [0.717, 1.165) is 18.2 Å². The van der Waals surface area contributed by atoms with Gasteiger partial charge in [-0.25, -0.2) is 9.50 Å². The molecular formula is C34H32N6O3. The van der Waals surface area contributed by atoms with Crippen LogP contribution in [0.5, 0.6) is 0 Å². The minimum absolute atomic E-state index is 0.0913. The number of pyridine rings is 1. The zero-order valence-electron chi connectivity index (χ0n) is 24.4. The van der Waals surface area contributed by atoms with E-state index in [1.807, 2.05) is 66.4 Å². The maximum atomic E-state index is 14.3. The van der Waals surface area contributed by atoms with Crippen LogP contribution in [-0.4, -0.2) is 49.0 Å². The molecule has 43 heavy (non-hydrogen) atoms. The number of hydrogen-bond donors (Lipinski definition) is 1. The molecule has 1 aliphatic heterocycles. The number of likely N-dealkylation sites (tertiary alicyclic amines) is 1. The number of nitrogens with zero attached hydrogens (tertiary/aromatic N) is 5. The highest BCUT2D eigenvalue weighted by atomic mass is 16.2. The van der Waals surface area contributed by atoms with Crippen LogP contribution in [0.4, 0.5) is 0 Å². The van der Waals surface area contributed by atoms with Gasteiger partial charge in [0.15, 0.2) is 5.65 Å². The van der Waals surface area contributed by atoms with Gasteiger partial charge < -0.3 is 10.2 Å². The first-order chi connectivity index (χ1) is 20.8. The highest BCUT2D eigenvalue weighted by Crippen LogP contribution is 2.25. The van der Waals surface area contributed by atoms with E-state index in [0.29, 0.717) is 52.3 Å². The smallest absolute Gasteiger partial charge is 0.264 e. The summed E-state index contributed by atoms with van der Waals surface area (Å²) < 4.78 is 3.24. The first-order valence-electron chi connectivity index (χ1n) is 14.4. The molecule has 0 saturated carbocycles. The Kier molecular flexibility index (Phi) is 7.51. The highest BCUT2D eigenvalue weighted by molar-refractivity contribution is 6.01. The van der Waals surface area contributed by atoms with Gasteiger partial charge in [-0.2, -0.15) is 5.10 Å². The minimum atomic E-state index is -0.524. The summed E-state index contributed by atoms with van der Waals surface area (Å²) in [6.45, 7) is 6.63. The van der Waals surface area contributed by atoms with E-state index in [1.165, 1.54) is 0 Å². The fourth-order valence-electron chi connectivity index (χ4n) is 5.77. The van der Waals surface area contributed by atoms with Crippen molar-refractivity contribution in [1.82, 2.24) is 29.4 Å². The molecule has 2 amide bonds. The first-order valence-corrected chi connectivity index (χ1v) is 14.4. The van der Waals surface area contributed by atoms with Crippen molar-refractivity contribution in [2.24, 2.45) is 5.92 Å². The zero-order valence-corrected chi connectivity index (χ0v) is 24.4. The number of benzene rings is 2. The Morgan fingerprint density at radius 3 is 2.56 bits per heavy atom. The molecule has 0 aliphatic carbocycles. The summed E-state index contributed by atoms with van der Waals surface area (Å²) in [6, 6.07) is 18.3. The quantitative estimate of drug-likeness (QED) is 0.321. The third-order valence-corrected chi connectivity index (χ3v) is 8.03. The molecule has 2 aromatic carbocycles. The Morgan fingerprint density at radius 1 is 1.05 bits per heavy atom. The molecule has 3 aromatic heterocycles. The predicted octanol–water partition coefficient (Wildman–Crippen LogP) is 4.44. The molecule has 1 saturated heterocycles. The van der Waals surface area contributed by atoms with Crippen LogP contribution >= 0.6 is 0 Å². The fraction of sp³-hybridized carbons (Fsp3) is 0.265. The zero-order chi connectivity index (χ0) is 30.1. The molecule has 0 radical (unpaired) electrons. The lowest BCUT2D eigenvalue weighted by atomic mass is 9.96. The molecule has 5 aromatic rings. The van der Waals surface area contributed by atoms with Crippen molar-refractivity contribution in [3.05, 3.63) is 106 Å². The molecule has 1 fully saturated rings. The van der Waals surface area contributed by atoms with E-state index in [4.69, 9.17) is 0 Å². The number of amides is 2. The van der Waals surface area contributed by atoms with E-state index < -0.39 is 6.04 Å². The Bertz CT molecular complexity index is 1970. The number of para-hydroxylation sites is 1. The maximum Gasteiger partial charge on any atom is 0.264 e.